The molecule has 0 aliphatic heterocycles. The number of hydrogen-bond donors (Lipinski definition) is 2. The molecule has 134 valence electrons. The van der Waals surface area contributed by atoms with Crippen molar-refractivity contribution in [3.63, 3.8) is 0 Å². The molecule has 0 aliphatic rings. The zero-order chi connectivity index (χ0) is 18.5. The van der Waals surface area contributed by atoms with Gasteiger partial charge in [-0.05, 0) is 49.2 Å². The highest BCUT2D eigenvalue weighted by atomic mass is 16.5. The molecule has 6 nitrogen and oxygen atoms in total. The number of ether oxygens (including phenoxy) is 2. The van der Waals surface area contributed by atoms with Crippen LogP contribution in [0.4, 0.5) is 23.1 Å². The molecular formula is C20H22N4O2. The minimum Gasteiger partial charge on any atom is -0.493 e. The van der Waals surface area contributed by atoms with E-state index in [0.717, 1.165) is 22.8 Å². The van der Waals surface area contributed by atoms with Crippen molar-refractivity contribution < 1.29 is 9.47 Å². The Balaban J connectivity index is 1.80. The molecule has 0 spiro atoms. The van der Waals surface area contributed by atoms with E-state index in [9.17, 15) is 0 Å². The Morgan fingerprint density at radius 2 is 1.65 bits per heavy atom. The summed E-state index contributed by atoms with van der Waals surface area (Å²) in [6.07, 6.45) is 1.71. The van der Waals surface area contributed by atoms with Gasteiger partial charge in [-0.2, -0.15) is 4.98 Å². The first-order chi connectivity index (χ1) is 12.6. The van der Waals surface area contributed by atoms with E-state index in [1.54, 1.807) is 20.4 Å². The molecule has 0 bridgehead atoms. The summed E-state index contributed by atoms with van der Waals surface area (Å²) in [7, 11) is 3.21. The van der Waals surface area contributed by atoms with Gasteiger partial charge in [-0.3, -0.25) is 0 Å². The van der Waals surface area contributed by atoms with E-state index < -0.39 is 0 Å². The van der Waals surface area contributed by atoms with Crippen LogP contribution < -0.4 is 20.1 Å². The molecule has 0 fully saturated rings. The zero-order valence-electron chi connectivity index (χ0n) is 15.3. The summed E-state index contributed by atoms with van der Waals surface area (Å²) in [4.78, 5) is 8.81. The normalized spacial score (nSPS) is 10.3. The first-order valence-electron chi connectivity index (χ1n) is 8.25. The molecule has 3 aromatic rings. The highest BCUT2D eigenvalue weighted by Gasteiger charge is 2.07. The van der Waals surface area contributed by atoms with E-state index in [2.05, 4.69) is 52.6 Å². The molecule has 0 atom stereocenters. The second kappa shape index (κ2) is 7.74. The smallest absolute Gasteiger partial charge is 0.229 e. The van der Waals surface area contributed by atoms with Gasteiger partial charge in [0.05, 0.1) is 14.2 Å². The van der Waals surface area contributed by atoms with Crippen molar-refractivity contribution in [3.05, 3.63) is 59.8 Å². The number of rotatable bonds is 6. The Kier molecular flexibility index (Phi) is 5.22. The van der Waals surface area contributed by atoms with Gasteiger partial charge < -0.3 is 20.1 Å². The fraction of sp³-hybridized carbons (Fsp3) is 0.200. The molecule has 0 unspecified atom stereocenters. The topological polar surface area (TPSA) is 68.3 Å². The van der Waals surface area contributed by atoms with Gasteiger partial charge in [-0.1, -0.05) is 12.1 Å². The third-order valence-corrected chi connectivity index (χ3v) is 3.95. The summed E-state index contributed by atoms with van der Waals surface area (Å²) in [6.45, 7) is 4.13. The van der Waals surface area contributed by atoms with Crippen LogP contribution in [0.2, 0.25) is 0 Å². The number of aromatic nitrogens is 2. The number of hydrogen-bond acceptors (Lipinski definition) is 6. The van der Waals surface area contributed by atoms with Crippen molar-refractivity contribution in [3.8, 4) is 11.5 Å². The molecule has 26 heavy (non-hydrogen) atoms. The number of benzene rings is 2. The van der Waals surface area contributed by atoms with Gasteiger partial charge in [0.15, 0.2) is 11.5 Å². The van der Waals surface area contributed by atoms with Crippen LogP contribution in [0.5, 0.6) is 11.5 Å². The fourth-order valence-electron chi connectivity index (χ4n) is 2.54. The molecule has 1 aromatic heterocycles. The van der Waals surface area contributed by atoms with Crippen molar-refractivity contribution in [2.75, 3.05) is 24.9 Å². The SMILES string of the molecule is COc1ccc(Nc2nccc(Nc3cc(C)ccc3C)n2)cc1OC. The van der Waals surface area contributed by atoms with E-state index in [1.165, 1.54) is 5.56 Å². The van der Waals surface area contributed by atoms with Crippen molar-refractivity contribution in [1.29, 1.82) is 0 Å². The molecule has 0 amide bonds. The van der Waals surface area contributed by atoms with E-state index in [0.29, 0.717) is 17.4 Å². The van der Waals surface area contributed by atoms with Gasteiger partial charge in [0.1, 0.15) is 5.82 Å². The van der Waals surface area contributed by atoms with Gasteiger partial charge in [0, 0.05) is 23.6 Å². The fourth-order valence-corrected chi connectivity index (χ4v) is 2.54. The molecule has 2 N–H and O–H groups in total. The van der Waals surface area contributed by atoms with E-state index in [4.69, 9.17) is 9.47 Å². The predicted molar refractivity (Wildman–Crippen MR) is 104 cm³/mol. The molecule has 0 saturated heterocycles. The third-order valence-electron chi connectivity index (χ3n) is 3.95. The van der Waals surface area contributed by atoms with E-state index >= 15 is 0 Å². The van der Waals surface area contributed by atoms with Crippen molar-refractivity contribution in [1.82, 2.24) is 9.97 Å². The van der Waals surface area contributed by atoms with Gasteiger partial charge in [0.2, 0.25) is 5.95 Å². The second-order valence-electron chi connectivity index (χ2n) is 5.90. The van der Waals surface area contributed by atoms with Crippen LogP contribution in [-0.2, 0) is 0 Å². The van der Waals surface area contributed by atoms with Gasteiger partial charge in [-0.15, -0.1) is 0 Å². The van der Waals surface area contributed by atoms with Gasteiger partial charge >= 0.3 is 0 Å². The van der Waals surface area contributed by atoms with Crippen LogP contribution in [0.3, 0.4) is 0 Å². The maximum absolute atomic E-state index is 5.32. The van der Waals surface area contributed by atoms with Crippen molar-refractivity contribution in [2.45, 2.75) is 13.8 Å². The predicted octanol–water partition coefficient (Wildman–Crippen LogP) is 4.60. The Bertz CT molecular complexity index is 912. The highest BCUT2D eigenvalue weighted by Crippen LogP contribution is 2.30. The van der Waals surface area contributed by atoms with Crippen molar-refractivity contribution in [2.24, 2.45) is 0 Å². The number of nitrogens with one attached hydrogen (secondary N) is 2. The average molecular weight is 350 g/mol. The number of aryl methyl sites for hydroxylation is 2. The molecule has 0 aliphatic carbocycles. The molecule has 3 rings (SSSR count). The van der Waals surface area contributed by atoms with E-state index in [1.807, 2.05) is 24.3 Å². The van der Waals surface area contributed by atoms with Crippen LogP contribution in [0.15, 0.2) is 48.7 Å². The Morgan fingerprint density at radius 3 is 2.42 bits per heavy atom. The van der Waals surface area contributed by atoms with E-state index in [-0.39, 0.29) is 0 Å². The lowest BCUT2D eigenvalue weighted by molar-refractivity contribution is 0.355. The van der Waals surface area contributed by atoms with Gasteiger partial charge in [0.25, 0.3) is 0 Å². The Labute approximate surface area is 153 Å². The summed E-state index contributed by atoms with van der Waals surface area (Å²) >= 11 is 0. The minimum atomic E-state index is 0.493. The lowest BCUT2D eigenvalue weighted by atomic mass is 10.1. The lowest BCUT2D eigenvalue weighted by Gasteiger charge is -2.12. The van der Waals surface area contributed by atoms with Crippen LogP contribution in [0.1, 0.15) is 11.1 Å². The standard InChI is InChI=1S/C20H22N4O2/c1-13-5-6-14(2)16(11-13)23-19-9-10-21-20(24-19)22-15-7-8-17(25-3)18(12-15)26-4/h5-12H,1-4H3,(H2,21,22,23,24). The zero-order valence-corrected chi connectivity index (χ0v) is 15.3. The summed E-state index contributed by atoms with van der Waals surface area (Å²) in [5.41, 5.74) is 4.19. The maximum Gasteiger partial charge on any atom is 0.229 e. The highest BCUT2D eigenvalue weighted by molar-refractivity contribution is 5.64. The lowest BCUT2D eigenvalue weighted by Crippen LogP contribution is -2.01. The average Bonchev–Trinajstić information content (AvgIpc) is 2.65. The summed E-state index contributed by atoms with van der Waals surface area (Å²) in [5.74, 6) is 2.52. The monoisotopic (exact) mass is 350 g/mol. The first kappa shape index (κ1) is 17.5. The number of nitrogens with zero attached hydrogens (tertiary/aromatic N) is 2. The Hall–Kier alpha value is -3.28. The molecule has 1 heterocycles. The number of methoxy groups -OCH3 is 2. The molecule has 6 heteroatoms. The molecule has 0 radical (unpaired) electrons. The quantitative estimate of drug-likeness (QED) is 0.677. The second-order valence-corrected chi connectivity index (χ2v) is 5.90. The molecule has 2 aromatic carbocycles. The van der Waals surface area contributed by atoms with Crippen LogP contribution in [0, 0.1) is 13.8 Å². The third kappa shape index (κ3) is 4.03. The molecular weight excluding hydrogens is 328 g/mol. The van der Waals surface area contributed by atoms with Crippen molar-refractivity contribution >= 4 is 23.1 Å². The summed E-state index contributed by atoms with van der Waals surface area (Å²) < 4.78 is 10.6. The molecule has 0 saturated carbocycles. The van der Waals surface area contributed by atoms with Crippen LogP contribution >= 0.6 is 0 Å². The Morgan fingerprint density at radius 1 is 0.846 bits per heavy atom. The number of anilines is 4. The van der Waals surface area contributed by atoms with Crippen LogP contribution in [-0.4, -0.2) is 24.2 Å². The minimum absolute atomic E-state index is 0.493. The largest absolute Gasteiger partial charge is 0.493 e. The maximum atomic E-state index is 5.32. The first-order valence-corrected chi connectivity index (χ1v) is 8.25. The van der Waals surface area contributed by atoms with Gasteiger partial charge in [-0.25, -0.2) is 4.98 Å². The summed E-state index contributed by atoms with van der Waals surface area (Å²) in [6, 6.07) is 13.7. The van der Waals surface area contributed by atoms with Crippen LogP contribution in [0.25, 0.3) is 0 Å². The summed E-state index contributed by atoms with van der Waals surface area (Å²) in [5, 5.41) is 6.53.